The zero-order chi connectivity index (χ0) is 8.48. The van der Waals surface area contributed by atoms with Crippen LogP contribution in [0.5, 0.6) is 0 Å². The third-order valence-electron chi connectivity index (χ3n) is 2.01. The van der Waals surface area contributed by atoms with Gasteiger partial charge in [-0.3, -0.25) is 4.79 Å². The van der Waals surface area contributed by atoms with E-state index in [1.807, 2.05) is 13.8 Å². The van der Waals surface area contributed by atoms with Crippen LogP contribution in [-0.2, 0) is 4.79 Å². The van der Waals surface area contributed by atoms with Crippen LogP contribution in [0.1, 0.15) is 20.3 Å². The fourth-order valence-corrected chi connectivity index (χ4v) is 2.77. The standard InChI is InChI=1S/C7H12INOS/c1-7(2)5-9(11-8)4-3-6(7)10/h3-5H2,1-2H3. The van der Waals surface area contributed by atoms with Gasteiger partial charge in [0.05, 0.1) is 0 Å². The molecule has 0 radical (unpaired) electrons. The van der Waals surface area contributed by atoms with E-state index in [0.717, 1.165) is 13.1 Å². The Morgan fingerprint density at radius 1 is 1.64 bits per heavy atom. The predicted molar refractivity (Wildman–Crippen MR) is 56.6 cm³/mol. The Morgan fingerprint density at radius 3 is 2.73 bits per heavy atom. The average molecular weight is 285 g/mol. The molecule has 1 saturated heterocycles. The van der Waals surface area contributed by atoms with Gasteiger partial charge < -0.3 is 0 Å². The van der Waals surface area contributed by atoms with Crippen LogP contribution in [0.25, 0.3) is 0 Å². The molecule has 1 fully saturated rings. The van der Waals surface area contributed by atoms with Crippen LogP contribution in [-0.4, -0.2) is 23.2 Å². The van der Waals surface area contributed by atoms with Gasteiger partial charge in [0.25, 0.3) is 0 Å². The second-order valence-electron chi connectivity index (χ2n) is 3.49. The Balaban J connectivity index is 2.59. The van der Waals surface area contributed by atoms with Crippen molar-refractivity contribution in [3.05, 3.63) is 0 Å². The number of rotatable bonds is 1. The van der Waals surface area contributed by atoms with Crippen LogP contribution in [0.3, 0.4) is 0 Å². The first-order valence-electron chi connectivity index (χ1n) is 3.63. The van der Waals surface area contributed by atoms with Gasteiger partial charge in [-0.15, -0.1) is 0 Å². The van der Waals surface area contributed by atoms with E-state index >= 15 is 0 Å². The molecule has 0 aromatic heterocycles. The molecule has 0 spiro atoms. The molecule has 64 valence electrons. The van der Waals surface area contributed by atoms with Crippen molar-refractivity contribution >= 4 is 36.1 Å². The number of nitrogens with zero attached hydrogens (tertiary/aromatic N) is 1. The maximum atomic E-state index is 11.3. The Bertz CT molecular complexity index is 172. The molecule has 1 aliphatic heterocycles. The maximum Gasteiger partial charge on any atom is 0.141 e. The molecule has 0 aromatic carbocycles. The molecule has 2 nitrogen and oxygen atoms in total. The summed E-state index contributed by atoms with van der Waals surface area (Å²) in [6.07, 6.45) is 0.711. The van der Waals surface area contributed by atoms with Gasteiger partial charge >= 0.3 is 0 Å². The molecular formula is C7H12INOS. The van der Waals surface area contributed by atoms with E-state index in [9.17, 15) is 4.79 Å². The minimum atomic E-state index is -0.129. The lowest BCUT2D eigenvalue weighted by atomic mass is 9.84. The zero-order valence-corrected chi connectivity index (χ0v) is 9.74. The number of halogens is 1. The van der Waals surface area contributed by atoms with Gasteiger partial charge in [-0.2, -0.15) is 0 Å². The van der Waals surface area contributed by atoms with Crippen molar-refractivity contribution in [1.29, 1.82) is 0 Å². The van der Waals surface area contributed by atoms with E-state index in [0.29, 0.717) is 12.2 Å². The van der Waals surface area contributed by atoms with Gasteiger partial charge in [-0.1, -0.05) is 13.8 Å². The summed E-state index contributed by atoms with van der Waals surface area (Å²) in [4.78, 5) is 11.3. The van der Waals surface area contributed by atoms with Crippen molar-refractivity contribution in [3.8, 4) is 0 Å². The van der Waals surface area contributed by atoms with Crippen LogP contribution >= 0.6 is 30.3 Å². The third kappa shape index (κ3) is 2.32. The van der Waals surface area contributed by atoms with Crippen molar-refractivity contribution in [3.63, 3.8) is 0 Å². The monoisotopic (exact) mass is 285 g/mol. The predicted octanol–water partition coefficient (Wildman–Crippen LogP) is 2.29. The number of ketones is 1. The number of hydrogen-bond donors (Lipinski definition) is 0. The van der Waals surface area contributed by atoms with Crippen molar-refractivity contribution in [2.45, 2.75) is 20.3 Å². The molecule has 0 unspecified atom stereocenters. The molecule has 0 amide bonds. The molecule has 0 aromatic rings. The summed E-state index contributed by atoms with van der Waals surface area (Å²) in [6.45, 7) is 5.85. The summed E-state index contributed by atoms with van der Waals surface area (Å²) in [5.74, 6) is 0.402. The first kappa shape index (κ1) is 9.80. The Labute approximate surface area is 83.8 Å². The van der Waals surface area contributed by atoms with Gasteiger partial charge in [0, 0.05) is 46.1 Å². The number of piperidine rings is 1. The van der Waals surface area contributed by atoms with E-state index in [2.05, 4.69) is 25.5 Å². The van der Waals surface area contributed by atoms with Gasteiger partial charge in [-0.25, -0.2) is 4.31 Å². The van der Waals surface area contributed by atoms with Crippen molar-refractivity contribution in [2.75, 3.05) is 13.1 Å². The second-order valence-corrected chi connectivity index (χ2v) is 5.33. The highest BCUT2D eigenvalue weighted by Crippen LogP contribution is 2.31. The molecule has 0 aliphatic carbocycles. The van der Waals surface area contributed by atoms with Gasteiger partial charge in [0.15, 0.2) is 0 Å². The minimum absolute atomic E-state index is 0.129. The first-order chi connectivity index (χ1) is 5.06. The number of carbonyl (C=O) groups excluding carboxylic acids is 1. The molecule has 4 heteroatoms. The molecule has 0 saturated carbocycles. The van der Waals surface area contributed by atoms with E-state index in [1.54, 1.807) is 9.12 Å². The van der Waals surface area contributed by atoms with Gasteiger partial charge in [0.2, 0.25) is 0 Å². The molecular weight excluding hydrogens is 273 g/mol. The Hall–Kier alpha value is 0.710. The Morgan fingerprint density at radius 2 is 2.27 bits per heavy atom. The second kappa shape index (κ2) is 3.62. The molecule has 0 N–H and O–H groups in total. The van der Waals surface area contributed by atoms with Crippen LogP contribution in [0.15, 0.2) is 0 Å². The van der Waals surface area contributed by atoms with Crippen molar-refractivity contribution in [1.82, 2.24) is 4.31 Å². The van der Waals surface area contributed by atoms with Crippen LogP contribution in [0.4, 0.5) is 0 Å². The lowest BCUT2D eigenvalue weighted by Crippen LogP contribution is -2.42. The molecule has 0 bridgehead atoms. The molecule has 11 heavy (non-hydrogen) atoms. The highest BCUT2D eigenvalue weighted by atomic mass is 127. The fourth-order valence-electron chi connectivity index (χ4n) is 1.23. The molecule has 1 rings (SSSR count). The summed E-state index contributed by atoms with van der Waals surface area (Å²) in [6, 6.07) is 0. The summed E-state index contributed by atoms with van der Waals surface area (Å²) >= 11 is 2.26. The topological polar surface area (TPSA) is 20.3 Å². The summed E-state index contributed by atoms with van der Waals surface area (Å²) < 4.78 is 2.24. The lowest BCUT2D eigenvalue weighted by molar-refractivity contribution is -0.129. The number of hydrogen-bond acceptors (Lipinski definition) is 3. The van der Waals surface area contributed by atoms with Crippen molar-refractivity contribution in [2.24, 2.45) is 5.41 Å². The smallest absolute Gasteiger partial charge is 0.141 e. The van der Waals surface area contributed by atoms with E-state index in [-0.39, 0.29) is 5.41 Å². The molecule has 1 aliphatic rings. The van der Waals surface area contributed by atoms with Crippen LogP contribution < -0.4 is 0 Å². The normalized spacial score (nSPS) is 25.5. The van der Waals surface area contributed by atoms with Crippen LogP contribution in [0.2, 0.25) is 0 Å². The van der Waals surface area contributed by atoms with Crippen molar-refractivity contribution < 1.29 is 4.79 Å². The van der Waals surface area contributed by atoms with Gasteiger partial charge in [-0.05, 0) is 9.12 Å². The third-order valence-corrected chi connectivity index (χ3v) is 4.19. The SMILES string of the molecule is CC1(C)CN(SI)CCC1=O. The average Bonchev–Trinajstić information content (AvgIpc) is 1.95. The molecule has 0 atom stereocenters. The largest absolute Gasteiger partial charge is 0.299 e. The van der Waals surface area contributed by atoms with E-state index < -0.39 is 0 Å². The Kier molecular flexibility index (Phi) is 3.22. The highest BCUT2D eigenvalue weighted by Gasteiger charge is 2.33. The summed E-state index contributed by atoms with van der Waals surface area (Å²) in [5.41, 5.74) is -0.129. The summed E-state index contributed by atoms with van der Waals surface area (Å²) in [7, 11) is 1.70. The van der Waals surface area contributed by atoms with E-state index in [4.69, 9.17) is 0 Å². The highest BCUT2D eigenvalue weighted by molar-refractivity contribution is 14.2. The number of carbonyl (C=O) groups is 1. The molecule has 1 heterocycles. The summed E-state index contributed by atoms with van der Waals surface area (Å²) in [5, 5.41) is 0. The maximum absolute atomic E-state index is 11.3. The zero-order valence-electron chi connectivity index (χ0n) is 6.76. The van der Waals surface area contributed by atoms with E-state index in [1.165, 1.54) is 0 Å². The number of Topliss-reactive ketones (excluding diaryl/α,β-unsaturated/α-hetero) is 1. The van der Waals surface area contributed by atoms with Crippen LogP contribution in [0, 0.1) is 5.41 Å². The van der Waals surface area contributed by atoms with Gasteiger partial charge in [0.1, 0.15) is 5.78 Å². The minimum Gasteiger partial charge on any atom is -0.299 e. The first-order valence-corrected chi connectivity index (χ1v) is 6.95. The lowest BCUT2D eigenvalue weighted by Gasteiger charge is -2.34. The fraction of sp³-hybridized carbons (Fsp3) is 0.857. The quantitative estimate of drug-likeness (QED) is 0.544.